The van der Waals surface area contributed by atoms with Gasteiger partial charge in [0.2, 0.25) is 0 Å². The second-order valence-corrected chi connectivity index (χ2v) is 7.99. The van der Waals surface area contributed by atoms with Crippen LogP contribution in [0.1, 0.15) is 44.7 Å². The van der Waals surface area contributed by atoms with Crippen LogP contribution in [0.2, 0.25) is 0 Å². The molecule has 148 valence electrons. The summed E-state index contributed by atoms with van der Waals surface area (Å²) in [5.74, 6) is 1.67. The van der Waals surface area contributed by atoms with E-state index < -0.39 is 0 Å². The zero-order valence-electron chi connectivity index (χ0n) is 17.1. The minimum atomic E-state index is 0. The monoisotopic (exact) mass is 472 g/mol. The summed E-state index contributed by atoms with van der Waals surface area (Å²) in [6.07, 6.45) is 3.64. The van der Waals surface area contributed by atoms with Crippen molar-refractivity contribution in [3.8, 4) is 0 Å². The molecule has 0 saturated carbocycles. The number of aryl methyl sites for hydroxylation is 1. The molecule has 1 aliphatic heterocycles. The van der Waals surface area contributed by atoms with Crippen molar-refractivity contribution in [3.63, 3.8) is 0 Å². The van der Waals surface area contributed by atoms with Gasteiger partial charge in [0.15, 0.2) is 5.96 Å². The Balaban J connectivity index is 0.00000338. The molecule has 0 amide bonds. The molecule has 1 heterocycles. The highest BCUT2D eigenvalue weighted by atomic mass is 127. The Hall–Kier alpha value is -0.820. The third kappa shape index (κ3) is 7.06. The maximum absolute atomic E-state index is 4.40. The van der Waals surface area contributed by atoms with Gasteiger partial charge in [-0.2, -0.15) is 0 Å². The Morgan fingerprint density at radius 3 is 2.31 bits per heavy atom. The van der Waals surface area contributed by atoms with Gasteiger partial charge < -0.3 is 15.5 Å². The van der Waals surface area contributed by atoms with E-state index in [1.807, 2.05) is 7.05 Å². The third-order valence-corrected chi connectivity index (χ3v) is 5.46. The number of nitrogens with zero attached hydrogens (tertiary/aromatic N) is 2. The van der Waals surface area contributed by atoms with Crippen LogP contribution in [0.5, 0.6) is 0 Å². The number of nitrogens with one attached hydrogen (secondary N) is 2. The second-order valence-electron chi connectivity index (χ2n) is 7.99. The van der Waals surface area contributed by atoms with Crippen molar-refractivity contribution in [1.29, 1.82) is 0 Å². The van der Waals surface area contributed by atoms with Gasteiger partial charge in [-0.25, -0.2) is 0 Å². The van der Waals surface area contributed by atoms with Gasteiger partial charge in [-0.3, -0.25) is 4.99 Å². The lowest BCUT2D eigenvalue weighted by Crippen LogP contribution is -2.45. The minimum absolute atomic E-state index is 0. The molecule has 0 spiro atoms. The minimum Gasteiger partial charge on any atom is -0.356 e. The van der Waals surface area contributed by atoms with E-state index in [1.165, 1.54) is 37.1 Å². The normalized spacial score (nSPS) is 16.9. The molecule has 0 unspecified atom stereocenters. The number of likely N-dealkylation sites (tertiary alicyclic amines) is 1. The second kappa shape index (κ2) is 11.1. The molecule has 2 N–H and O–H groups in total. The van der Waals surface area contributed by atoms with E-state index in [-0.39, 0.29) is 29.4 Å². The number of rotatable bonds is 6. The Bertz CT molecular complexity index is 546. The van der Waals surface area contributed by atoms with Crippen LogP contribution in [0.15, 0.2) is 29.3 Å². The zero-order chi connectivity index (χ0) is 18.3. The molecule has 0 aromatic heterocycles. The fourth-order valence-corrected chi connectivity index (χ4v) is 3.33. The fraction of sp³-hybridized carbons (Fsp3) is 0.667. The van der Waals surface area contributed by atoms with Crippen LogP contribution in [0.3, 0.4) is 0 Å². The SMILES string of the molecule is CCc1ccc(C(C)(C)CNC(=NC)NCC2CCN(C)CC2)cc1.I. The Kier molecular flexibility index (Phi) is 9.93. The lowest BCUT2D eigenvalue weighted by molar-refractivity contribution is 0.220. The predicted molar refractivity (Wildman–Crippen MR) is 124 cm³/mol. The molecule has 1 aromatic rings. The van der Waals surface area contributed by atoms with E-state index in [0.29, 0.717) is 0 Å². The van der Waals surface area contributed by atoms with Crippen molar-refractivity contribution in [2.45, 2.75) is 45.4 Å². The van der Waals surface area contributed by atoms with Gasteiger partial charge in [0, 0.05) is 25.6 Å². The highest BCUT2D eigenvalue weighted by molar-refractivity contribution is 14.0. The van der Waals surface area contributed by atoms with E-state index in [0.717, 1.165) is 31.4 Å². The molecule has 2 rings (SSSR count). The van der Waals surface area contributed by atoms with E-state index in [1.54, 1.807) is 0 Å². The van der Waals surface area contributed by atoms with Crippen LogP contribution in [0.4, 0.5) is 0 Å². The van der Waals surface area contributed by atoms with Crippen molar-refractivity contribution in [3.05, 3.63) is 35.4 Å². The van der Waals surface area contributed by atoms with Crippen molar-refractivity contribution in [1.82, 2.24) is 15.5 Å². The predicted octanol–water partition coefficient (Wildman–Crippen LogP) is 3.65. The summed E-state index contributed by atoms with van der Waals surface area (Å²) in [4.78, 5) is 6.81. The molecule has 0 atom stereocenters. The largest absolute Gasteiger partial charge is 0.356 e. The molecule has 1 aliphatic rings. The van der Waals surface area contributed by atoms with Gasteiger partial charge in [-0.15, -0.1) is 24.0 Å². The average Bonchev–Trinajstić information content (AvgIpc) is 2.63. The molecule has 0 radical (unpaired) electrons. The van der Waals surface area contributed by atoms with Gasteiger partial charge in [0.05, 0.1) is 0 Å². The molecule has 0 aliphatic carbocycles. The first-order valence-corrected chi connectivity index (χ1v) is 9.67. The molecular formula is C21H37IN4. The number of hydrogen-bond acceptors (Lipinski definition) is 2. The van der Waals surface area contributed by atoms with Crippen LogP contribution in [0.25, 0.3) is 0 Å². The third-order valence-electron chi connectivity index (χ3n) is 5.46. The first kappa shape index (κ1) is 23.2. The van der Waals surface area contributed by atoms with E-state index in [9.17, 15) is 0 Å². The number of benzene rings is 1. The highest BCUT2D eigenvalue weighted by Crippen LogP contribution is 2.22. The number of halogens is 1. The van der Waals surface area contributed by atoms with Gasteiger partial charge in [-0.1, -0.05) is 45.0 Å². The average molecular weight is 472 g/mol. The fourth-order valence-electron chi connectivity index (χ4n) is 3.33. The quantitative estimate of drug-likeness (QED) is 0.377. The van der Waals surface area contributed by atoms with Crippen LogP contribution < -0.4 is 10.6 Å². The van der Waals surface area contributed by atoms with Gasteiger partial charge in [-0.05, 0) is 56.4 Å². The van der Waals surface area contributed by atoms with Crippen molar-refractivity contribution >= 4 is 29.9 Å². The summed E-state index contributed by atoms with van der Waals surface area (Å²) in [5, 5.41) is 7.03. The summed E-state index contributed by atoms with van der Waals surface area (Å²) in [6, 6.07) is 9.00. The number of aliphatic imine (C=N–C) groups is 1. The first-order chi connectivity index (χ1) is 11.9. The van der Waals surface area contributed by atoms with E-state index in [4.69, 9.17) is 0 Å². The Morgan fingerprint density at radius 2 is 1.77 bits per heavy atom. The standard InChI is InChI=1S/C21H36N4.HI/c1-6-17-7-9-19(10-8-17)21(2,3)16-24-20(22-4)23-15-18-11-13-25(5)14-12-18;/h7-10,18H,6,11-16H2,1-5H3,(H2,22,23,24);1H. The van der Waals surface area contributed by atoms with Crippen molar-refractivity contribution < 1.29 is 0 Å². The summed E-state index contributed by atoms with van der Waals surface area (Å²) in [7, 11) is 4.06. The molecular weight excluding hydrogens is 435 g/mol. The van der Waals surface area contributed by atoms with E-state index >= 15 is 0 Å². The van der Waals surface area contributed by atoms with Crippen molar-refractivity contribution in [2.75, 3.05) is 40.3 Å². The smallest absolute Gasteiger partial charge is 0.191 e. The number of hydrogen-bond donors (Lipinski definition) is 2. The molecule has 0 bridgehead atoms. The maximum Gasteiger partial charge on any atom is 0.191 e. The molecule has 5 heteroatoms. The van der Waals surface area contributed by atoms with Crippen LogP contribution in [-0.2, 0) is 11.8 Å². The van der Waals surface area contributed by atoms with Gasteiger partial charge >= 0.3 is 0 Å². The van der Waals surface area contributed by atoms with Gasteiger partial charge in [0.25, 0.3) is 0 Å². The van der Waals surface area contributed by atoms with Crippen molar-refractivity contribution in [2.24, 2.45) is 10.9 Å². The topological polar surface area (TPSA) is 39.7 Å². The zero-order valence-corrected chi connectivity index (χ0v) is 19.5. The lowest BCUT2D eigenvalue weighted by Gasteiger charge is -2.30. The molecule has 1 fully saturated rings. The maximum atomic E-state index is 4.40. The lowest BCUT2D eigenvalue weighted by atomic mass is 9.84. The van der Waals surface area contributed by atoms with Crippen LogP contribution in [-0.4, -0.2) is 51.1 Å². The summed E-state index contributed by atoms with van der Waals surface area (Å²) in [6.45, 7) is 11.1. The van der Waals surface area contributed by atoms with Crippen LogP contribution >= 0.6 is 24.0 Å². The first-order valence-electron chi connectivity index (χ1n) is 9.67. The molecule has 1 saturated heterocycles. The molecule has 26 heavy (non-hydrogen) atoms. The summed E-state index contributed by atoms with van der Waals surface area (Å²) >= 11 is 0. The summed E-state index contributed by atoms with van der Waals surface area (Å²) in [5.41, 5.74) is 2.82. The molecule has 1 aromatic carbocycles. The van der Waals surface area contributed by atoms with E-state index in [2.05, 4.69) is 72.6 Å². The van der Waals surface area contributed by atoms with Crippen LogP contribution in [0, 0.1) is 5.92 Å². The Morgan fingerprint density at radius 1 is 1.15 bits per heavy atom. The Labute approximate surface area is 177 Å². The summed E-state index contributed by atoms with van der Waals surface area (Å²) < 4.78 is 0. The number of piperidine rings is 1. The highest BCUT2D eigenvalue weighted by Gasteiger charge is 2.21. The number of guanidine groups is 1. The molecule has 4 nitrogen and oxygen atoms in total. The van der Waals surface area contributed by atoms with Gasteiger partial charge in [0.1, 0.15) is 0 Å².